The lowest BCUT2D eigenvalue weighted by Crippen LogP contribution is -2.33. The summed E-state index contributed by atoms with van der Waals surface area (Å²) in [5, 5.41) is 17.6. The molecule has 0 aliphatic rings. The minimum absolute atomic E-state index is 0.166. The van der Waals surface area contributed by atoms with Crippen LogP contribution in [-0.2, 0) is 9.59 Å². The third-order valence-corrected chi connectivity index (χ3v) is 4.96. The molecule has 0 saturated carbocycles. The van der Waals surface area contributed by atoms with Crippen LogP contribution in [0.4, 0.5) is 11.4 Å². The van der Waals surface area contributed by atoms with E-state index in [1.807, 2.05) is 26.0 Å². The molecule has 3 rings (SSSR count). The van der Waals surface area contributed by atoms with E-state index < -0.39 is 22.7 Å². The topological polar surface area (TPSA) is 140 Å². The molecule has 178 valence electrons. The highest BCUT2D eigenvalue weighted by molar-refractivity contribution is 6.39. The Kier molecular flexibility index (Phi) is 7.67. The zero-order chi connectivity index (χ0) is 25.5. The number of hydrazone groups is 1. The van der Waals surface area contributed by atoms with Gasteiger partial charge in [0.15, 0.2) is 0 Å². The number of para-hydroxylation sites is 1. The molecule has 10 heteroatoms. The number of benzene rings is 3. The Morgan fingerprint density at radius 1 is 0.943 bits per heavy atom. The van der Waals surface area contributed by atoms with E-state index in [1.54, 1.807) is 25.1 Å². The Morgan fingerprint density at radius 2 is 1.63 bits per heavy atom. The summed E-state index contributed by atoms with van der Waals surface area (Å²) in [4.78, 5) is 47.0. The van der Waals surface area contributed by atoms with Gasteiger partial charge < -0.3 is 10.1 Å². The number of aryl methyl sites for hydroxylation is 2. The van der Waals surface area contributed by atoms with E-state index in [0.29, 0.717) is 17.0 Å². The summed E-state index contributed by atoms with van der Waals surface area (Å²) in [6.07, 6.45) is 0. The van der Waals surface area contributed by atoms with Crippen LogP contribution in [0.5, 0.6) is 5.75 Å². The van der Waals surface area contributed by atoms with Crippen LogP contribution < -0.4 is 15.5 Å². The van der Waals surface area contributed by atoms with Crippen LogP contribution >= 0.6 is 0 Å². The summed E-state index contributed by atoms with van der Waals surface area (Å²) < 4.78 is 5.22. The molecule has 0 aliphatic heterocycles. The fourth-order valence-corrected chi connectivity index (χ4v) is 3.11. The average Bonchev–Trinajstić information content (AvgIpc) is 2.84. The average molecular weight is 474 g/mol. The molecule has 10 nitrogen and oxygen atoms in total. The standard InChI is InChI=1S/C25H22N4O6/c1-15-8-13-21(16(2)14-15)26-23(30)24(31)28-27-17(3)18-9-11-19(12-10-18)35-25(32)20-6-4-5-7-22(20)29(33)34/h4-14H,1-3H3,(H,26,30)(H,28,31)/b27-17+. The molecular formula is C25H22N4O6. The Hall–Kier alpha value is -4.86. The minimum Gasteiger partial charge on any atom is -0.423 e. The number of nitrogens with one attached hydrogen (secondary N) is 2. The van der Waals surface area contributed by atoms with Crippen molar-refractivity contribution in [2.75, 3.05) is 5.32 Å². The van der Waals surface area contributed by atoms with Gasteiger partial charge in [-0.3, -0.25) is 19.7 Å². The molecule has 0 aromatic heterocycles. The molecule has 0 saturated heterocycles. The van der Waals surface area contributed by atoms with Crippen LogP contribution in [0.25, 0.3) is 0 Å². The number of nitro groups is 1. The highest BCUT2D eigenvalue weighted by Crippen LogP contribution is 2.21. The van der Waals surface area contributed by atoms with Gasteiger partial charge in [0, 0.05) is 11.8 Å². The van der Waals surface area contributed by atoms with Crippen molar-refractivity contribution in [3.05, 3.63) is 99.1 Å². The van der Waals surface area contributed by atoms with Gasteiger partial charge in [0.25, 0.3) is 5.69 Å². The third kappa shape index (κ3) is 6.35. The second-order valence-electron chi connectivity index (χ2n) is 7.60. The van der Waals surface area contributed by atoms with E-state index in [-0.39, 0.29) is 17.0 Å². The number of hydrogen-bond acceptors (Lipinski definition) is 7. The summed E-state index contributed by atoms with van der Waals surface area (Å²) in [6.45, 7) is 5.37. The van der Waals surface area contributed by atoms with E-state index in [0.717, 1.165) is 11.1 Å². The molecule has 0 aliphatic carbocycles. The lowest BCUT2D eigenvalue weighted by Gasteiger charge is -2.09. The first-order chi connectivity index (χ1) is 16.7. The van der Waals surface area contributed by atoms with E-state index in [9.17, 15) is 24.5 Å². The van der Waals surface area contributed by atoms with Gasteiger partial charge in [-0.25, -0.2) is 10.2 Å². The normalized spacial score (nSPS) is 10.9. The molecular weight excluding hydrogens is 452 g/mol. The van der Waals surface area contributed by atoms with Crippen molar-refractivity contribution < 1.29 is 24.0 Å². The summed E-state index contributed by atoms with van der Waals surface area (Å²) in [5.74, 6) is -2.48. The monoisotopic (exact) mass is 474 g/mol. The number of nitro benzene ring substituents is 1. The number of carbonyl (C=O) groups is 3. The first-order valence-electron chi connectivity index (χ1n) is 10.4. The van der Waals surface area contributed by atoms with E-state index in [4.69, 9.17) is 4.74 Å². The van der Waals surface area contributed by atoms with E-state index >= 15 is 0 Å². The number of ether oxygens (including phenoxy) is 1. The second kappa shape index (κ2) is 10.8. The van der Waals surface area contributed by atoms with Crippen LogP contribution in [0, 0.1) is 24.0 Å². The predicted octanol–water partition coefficient (Wildman–Crippen LogP) is 3.91. The summed E-state index contributed by atoms with van der Waals surface area (Å²) in [5.41, 5.74) is 5.06. The maximum absolute atomic E-state index is 12.3. The first kappa shape index (κ1) is 24.8. The molecule has 2 amide bonds. The van der Waals surface area contributed by atoms with Crippen LogP contribution in [0.2, 0.25) is 0 Å². The second-order valence-corrected chi connectivity index (χ2v) is 7.60. The highest BCUT2D eigenvalue weighted by atomic mass is 16.6. The molecule has 0 fully saturated rings. The Morgan fingerprint density at radius 3 is 2.29 bits per heavy atom. The Bertz CT molecular complexity index is 1330. The highest BCUT2D eigenvalue weighted by Gasteiger charge is 2.21. The summed E-state index contributed by atoms with van der Waals surface area (Å²) in [7, 11) is 0. The molecule has 0 unspecified atom stereocenters. The van der Waals surface area contributed by atoms with Crippen LogP contribution in [-0.4, -0.2) is 28.4 Å². The molecule has 0 bridgehead atoms. The lowest BCUT2D eigenvalue weighted by molar-refractivity contribution is -0.385. The number of rotatable bonds is 6. The summed E-state index contributed by atoms with van der Waals surface area (Å²) >= 11 is 0. The molecule has 0 spiro atoms. The van der Waals surface area contributed by atoms with Crippen LogP contribution in [0.15, 0.2) is 71.8 Å². The van der Waals surface area contributed by atoms with Crippen molar-refractivity contribution in [2.45, 2.75) is 20.8 Å². The maximum Gasteiger partial charge on any atom is 0.350 e. The molecule has 0 radical (unpaired) electrons. The number of amides is 2. The van der Waals surface area contributed by atoms with Gasteiger partial charge in [-0.15, -0.1) is 0 Å². The first-order valence-corrected chi connectivity index (χ1v) is 10.4. The van der Waals surface area contributed by atoms with Crippen molar-refractivity contribution in [3.8, 4) is 5.75 Å². The van der Waals surface area contributed by atoms with Gasteiger partial charge in [-0.2, -0.15) is 5.10 Å². The van der Waals surface area contributed by atoms with Gasteiger partial charge in [0.05, 0.1) is 10.6 Å². The number of anilines is 1. The fourth-order valence-electron chi connectivity index (χ4n) is 3.11. The lowest BCUT2D eigenvalue weighted by atomic mass is 10.1. The minimum atomic E-state index is -0.931. The third-order valence-electron chi connectivity index (χ3n) is 4.96. The largest absolute Gasteiger partial charge is 0.423 e. The van der Waals surface area contributed by atoms with Crippen molar-refractivity contribution in [1.29, 1.82) is 0 Å². The van der Waals surface area contributed by atoms with Gasteiger partial charge in [0.1, 0.15) is 11.3 Å². The van der Waals surface area contributed by atoms with E-state index in [1.165, 1.54) is 36.4 Å². The zero-order valence-electron chi connectivity index (χ0n) is 19.2. The molecule has 3 aromatic carbocycles. The van der Waals surface area contributed by atoms with Gasteiger partial charge >= 0.3 is 17.8 Å². The zero-order valence-corrected chi connectivity index (χ0v) is 19.2. The quantitative estimate of drug-likeness (QED) is 0.139. The van der Waals surface area contributed by atoms with Crippen molar-refractivity contribution in [3.63, 3.8) is 0 Å². The van der Waals surface area contributed by atoms with Gasteiger partial charge in [-0.1, -0.05) is 29.8 Å². The molecule has 2 N–H and O–H groups in total. The van der Waals surface area contributed by atoms with E-state index in [2.05, 4.69) is 15.8 Å². The maximum atomic E-state index is 12.3. The van der Waals surface area contributed by atoms with Crippen molar-refractivity contribution in [1.82, 2.24) is 5.43 Å². The fraction of sp³-hybridized carbons (Fsp3) is 0.120. The SMILES string of the molecule is C/C(=N\NC(=O)C(=O)Nc1ccc(C)cc1C)c1ccc(OC(=O)c2ccccc2[N+](=O)[O-])cc1. The van der Waals surface area contributed by atoms with Crippen molar-refractivity contribution in [2.24, 2.45) is 5.10 Å². The molecule has 0 heterocycles. The Labute approximate surface area is 200 Å². The number of hydrogen-bond donors (Lipinski definition) is 2. The molecule has 3 aromatic rings. The smallest absolute Gasteiger partial charge is 0.350 e. The Balaban J connectivity index is 1.61. The van der Waals surface area contributed by atoms with Crippen molar-refractivity contribution >= 4 is 34.9 Å². The predicted molar refractivity (Wildman–Crippen MR) is 129 cm³/mol. The number of nitrogens with zero attached hydrogens (tertiary/aromatic N) is 2. The number of esters is 1. The molecule has 35 heavy (non-hydrogen) atoms. The molecule has 0 atom stereocenters. The van der Waals surface area contributed by atoms with Gasteiger partial charge in [0.2, 0.25) is 0 Å². The number of carbonyl (C=O) groups excluding carboxylic acids is 3. The van der Waals surface area contributed by atoms with Crippen LogP contribution in [0.1, 0.15) is 34.0 Å². The van der Waals surface area contributed by atoms with Crippen LogP contribution in [0.3, 0.4) is 0 Å². The summed E-state index contributed by atoms with van der Waals surface area (Å²) in [6, 6.07) is 17.1. The van der Waals surface area contributed by atoms with Gasteiger partial charge in [-0.05, 0) is 68.3 Å².